The van der Waals surface area contributed by atoms with Crippen LogP contribution in [0.5, 0.6) is 11.5 Å². The first-order valence-corrected chi connectivity index (χ1v) is 10.1. The van der Waals surface area contributed by atoms with Crippen molar-refractivity contribution in [3.05, 3.63) is 63.5 Å². The highest BCUT2D eigenvalue weighted by Crippen LogP contribution is 2.36. The van der Waals surface area contributed by atoms with Gasteiger partial charge in [0.25, 0.3) is 5.91 Å². The van der Waals surface area contributed by atoms with E-state index in [1.807, 2.05) is 6.07 Å². The summed E-state index contributed by atoms with van der Waals surface area (Å²) in [7, 11) is 1.56. The Labute approximate surface area is 186 Å². The van der Waals surface area contributed by atoms with Gasteiger partial charge >= 0.3 is 0 Å². The summed E-state index contributed by atoms with van der Waals surface area (Å²) in [5.41, 5.74) is 7.11. The Balaban J connectivity index is 1.58. The fourth-order valence-corrected chi connectivity index (χ4v) is 3.17. The largest absolute Gasteiger partial charge is 0.493 e. The Morgan fingerprint density at radius 2 is 1.97 bits per heavy atom. The van der Waals surface area contributed by atoms with Crippen LogP contribution in [0, 0.1) is 5.82 Å². The molecule has 0 saturated carbocycles. The van der Waals surface area contributed by atoms with Crippen LogP contribution in [0.2, 0.25) is 0 Å². The molecule has 0 aliphatic rings. The fraction of sp³-hybridized carbons (Fsp3) is 0.250. The molecule has 0 radical (unpaired) electrons. The summed E-state index contributed by atoms with van der Waals surface area (Å²) in [6.07, 6.45) is 0. The molecule has 31 heavy (non-hydrogen) atoms. The van der Waals surface area contributed by atoms with Crippen LogP contribution in [-0.2, 0) is 13.2 Å². The number of aromatic nitrogens is 2. The molecule has 1 amide bonds. The summed E-state index contributed by atoms with van der Waals surface area (Å²) >= 11 is 3.54. The van der Waals surface area contributed by atoms with Gasteiger partial charge in [-0.15, -0.1) is 0 Å². The van der Waals surface area contributed by atoms with Gasteiger partial charge < -0.3 is 25.8 Å². The lowest BCUT2D eigenvalue weighted by Crippen LogP contribution is -2.32. The van der Waals surface area contributed by atoms with E-state index in [0.29, 0.717) is 31.1 Å². The van der Waals surface area contributed by atoms with Crippen LogP contribution >= 0.6 is 15.9 Å². The molecule has 2 aromatic carbocycles. The number of nitrogens with one attached hydrogen (secondary N) is 2. The molecule has 1 heterocycles. The van der Waals surface area contributed by atoms with Gasteiger partial charge in [-0.2, -0.15) is 0 Å². The van der Waals surface area contributed by atoms with E-state index in [1.165, 1.54) is 12.1 Å². The van der Waals surface area contributed by atoms with Crippen LogP contribution < -0.4 is 25.8 Å². The number of methoxy groups -OCH3 is 1. The van der Waals surface area contributed by atoms with Crippen molar-refractivity contribution in [2.24, 2.45) is 0 Å². The highest BCUT2D eigenvalue weighted by Gasteiger charge is 2.16. The molecule has 1 aromatic heterocycles. The van der Waals surface area contributed by atoms with Gasteiger partial charge in [0.2, 0.25) is 11.5 Å². The third-order valence-corrected chi connectivity index (χ3v) is 5.04. The van der Waals surface area contributed by atoms with Crippen LogP contribution in [0.1, 0.15) is 21.6 Å². The van der Waals surface area contributed by atoms with Crippen molar-refractivity contribution in [1.29, 1.82) is 0 Å². The SMILES string of the molecule is COc1ccc(Br)c(CNCCNC(=O)c2nonc2N)c1OCc1ccc(F)cc1. The lowest BCUT2D eigenvalue weighted by molar-refractivity contribution is 0.0944. The number of nitrogen functional groups attached to an aromatic ring is 1. The van der Waals surface area contributed by atoms with Crippen LogP contribution in [-0.4, -0.2) is 36.4 Å². The predicted molar refractivity (Wildman–Crippen MR) is 114 cm³/mol. The zero-order valence-corrected chi connectivity index (χ0v) is 18.2. The van der Waals surface area contributed by atoms with E-state index in [2.05, 4.69) is 41.5 Å². The maximum Gasteiger partial charge on any atom is 0.277 e. The molecule has 3 rings (SSSR count). The molecule has 4 N–H and O–H groups in total. The van der Waals surface area contributed by atoms with Gasteiger partial charge in [0.05, 0.1) is 7.11 Å². The summed E-state index contributed by atoms with van der Waals surface area (Å²) in [5, 5.41) is 12.7. The highest BCUT2D eigenvalue weighted by atomic mass is 79.9. The van der Waals surface area contributed by atoms with E-state index < -0.39 is 5.91 Å². The summed E-state index contributed by atoms with van der Waals surface area (Å²) in [5.74, 6) is 0.312. The number of benzene rings is 2. The molecule has 164 valence electrons. The third-order valence-electron chi connectivity index (χ3n) is 4.30. The molecule has 0 aliphatic heterocycles. The number of carbonyl (C=O) groups is 1. The number of ether oxygens (including phenoxy) is 2. The van der Waals surface area contributed by atoms with E-state index in [0.717, 1.165) is 15.6 Å². The van der Waals surface area contributed by atoms with E-state index in [9.17, 15) is 9.18 Å². The smallest absolute Gasteiger partial charge is 0.277 e. The molecule has 0 unspecified atom stereocenters. The summed E-state index contributed by atoms with van der Waals surface area (Å²) in [4.78, 5) is 11.9. The second-order valence-electron chi connectivity index (χ2n) is 6.40. The number of rotatable bonds is 10. The van der Waals surface area contributed by atoms with Crippen LogP contribution in [0.3, 0.4) is 0 Å². The first-order chi connectivity index (χ1) is 15.0. The molecule has 3 aromatic rings. The molecule has 0 aliphatic carbocycles. The molecule has 0 spiro atoms. The summed E-state index contributed by atoms with van der Waals surface area (Å²) in [6, 6.07) is 9.76. The quantitative estimate of drug-likeness (QED) is 0.368. The van der Waals surface area contributed by atoms with Gasteiger partial charge in [-0.3, -0.25) is 4.79 Å². The number of nitrogens with zero attached hydrogens (tertiary/aromatic N) is 2. The van der Waals surface area contributed by atoms with Crippen molar-refractivity contribution in [3.63, 3.8) is 0 Å². The van der Waals surface area contributed by atoms with Crippen molar-refractivity contribution in [1.82, 2.24) is 20.9 Å². The second kappa shape index (κ2) is 10.7. The van der Waals surface area contributed by atoms with Crippen LogP contribution in [0.15, 0.2) is 45.5 Å². The van der Waals surface area contributed by atoms with Gasteiger partial charge in [0.15, 0.2) is 11.5 Å². The molecular formula is C20H21BrFN5O4. The van der Waals surface area contributed by atoms with Gasteiger partial charge in [-0.05, 0) is 40.1 Å². The van der Waals surface area contributed by atoms with E-state index in [1.54, 1.807) is 25.3 Å². The highest BCUT2D eigenvalue weighted by molar-refractivity contribution is 9.10. The number of amides is 1. The van der Waals surface area contributed by atoms with Crippen molar-refractivity contribution in [2.45, 2.75) is 13.2 Å². The number of hydrogen-bond acceptors (Lipinski definition) is 8. The van der Waals surface area contributed by atoms with Crippen LogP contribution in [0.4, 0.5) is 10.2 Å². The maximum absolute atomic E-state index is 13.1. The van der Waals surface area contributed by atoms with Crippen LogP contribution in [0.25, 0.3) is 0 Å². The van der Waals surface area contributed by atoms with Crippen molar-refractivity contribution in [2.75, 3.05) is 25.9 Å². The number of nitrogens with two attached hydrogens (primary N) is 1. The van der Waals surface area contributed by atoms with E-state index >= 15 is 0 Å². The average molecular weight is 494 g/mol. The minimum Gasteiger partial charge on any atom is -0.493 e. The number of carbonyl (C=O) groups excluding carboxylic acids is 1. The fourth-order valence-electron chi connectivity index (χ4n) is 2.72. The minimum absolute atomic E-state index is 0.0491. The zero-order valence-electron chi connectivity index (χ0n) is 16.7. The van der Waals surface area contributed by atoms with Gasteiger partial charge in [0, 0.05) is 29.7 Å². The van der Waals surface area contributed by atoms with Crippen molar-refractivity contribution < 1.29 is 23.3 Å². The summed E-state index contributed by atoms with van der Waals surface area (Å²) in [6.45, 7) is 1.50. The van der Waals surface area contributed by atoms with Gasteiger partial charge in [0.1, 0.15) is 12.4 Å². The molecule has 0 saturated heterocycles. The van der Waals surface area contributed by atoms with E-state index in [-0.39, 0.29) is 23.9 Å². The summed E-state index contributed by atoms with van der Waals surface area (Å²) < 4.78 is 29.8. The Morgan fingerprint density at radius 1 is 1.19 bits per heavy atom. The third kappa shape index (κ3) is 5.92. The Morgan fingerprint density at radius 3 is 2.65 bits per heavy atom. The topological polar surface area (TPSA) is 125 Å². The standard InChI is InChI=1S/C20H21BrFN5O4/c1-29-16-7-6-15(21)14(18(16)30-11-12-2-4-13(22)5-3-12)10-24-8-9-25-20(28)17-19(23)27-31-26-17/h2-7,24H,8-11H2,1H3,(H2,23,27)(H,25,28). The molecule has 11 heteroatoms. The Bertz CT molecular complexity index is 1030. The van der Waals surface area contributed by atoms with Gasteiger partial charge in [-0.1, -0.05) is 28.1 Å². The van der Waals surface area contributed by atoms with Gasteiger partial charge in [-0.25, -0.2) is 9.02 Å². The Kier molecular flexibility index (Phi) is 7.79. The second-order valence-corrected chi connectivity index (χ2v) is 7.26. The van der Waals surface area contributed by atoms with E-state index in [4.69, 9.17) is 15.2 Å². The minimum atomic E-state index is -0.466. The number of anilines is 1. The maximum atomic E-state index is 13.1. The lowest BCUT2D eigenvalue weighted by Gasteiger charge is -2.17. The molecule has 9 nitrogen and oxygen atoms in total. The normalized spacial score (nSPS) is 10.7. The molecule has 0 atom stereocenters. The number of hydrogen-bond donors (Lipinski definition) is 3. The zero-order chi connectivity index (χ0) is 22.2. The lowest BCUT2D eigenvalue weighted by atomic mass is 10.1. The molecule has 0 fully saturated rings. The average Bonchev–Trinajstić information content (AvgIpc) is 3.20. The Hall–Kier alpha value is -3.18. The van der Waals surface area contributed by atoms with Crippen molar-refractivity contribution >= 4 is 27.7 Å². The first-order valence-electron chi connectivity index (χ1n) is 9.29. The number of halogens is 2. The molecule has 0 bridgehead atoms. The molecular weight excluding hydrogens is 473 g/mol. The monoisotopic (exact) mass is 493 g/mol. The first kappa shape index (κ1) is 22.5. The van der Waals surface area contributed by atoms with Crippen molar-refractivity contribution in [3.8, 4) is 11.5 Å². The predicted octanol–water partition coefficient (Wildman–Crippen LogP) is 2.66.